The fraction of sp³-hybridized carbons (Fsp3) is 0.333. The van der Waals surface area contributed by atoms with Gasteiger partial charge < -0.3 is 28.7 Å². The Balaban J connectivity index is 1.34. The summed E-state index contributed by atoms with van der Waals surface area (Å²) in [4.78, 5) is 49.7. The maximum absolute atomic E-state index is 13.8. The number of aromatic nitrogens is 2. The average Bonchev–Trinajstić information content (AvgIpc) is 3.55. The molecule has 4 rings (SSSR count). The number of halogens is 1. The number of carbonyl (C=O) groups excluding carboxylic acids is 2. The Morgan fingerprint density at radius 3 is 2.70 bits per heavy atom. The van der Waals surface area contributed by atoms with Crippen molar-refractivity contribution in [2.75, 3.05) is 13.2 Å². The third-order valence-electron chi connectivity index (χ3n) is 5.39. The molecular formula is C24H24FN3O9. The Morgan fingerprint density at radius 2 is 1.95 bits per heavy atom. The lowest BCUT2D eigenvalue weighted by atomic mass is 10.2. The smallest absolute Gasteiger partial charge is 0.407 e. The van der Waals surface area contributed by atoms with Crippen molar-refractivity contribution in [2.24, 2.45) is 0 Å². The summed E-state index contributed by atoms with van der Waals surface area (Å²) in [6.07, 6.45) is -1.42. The van der Waals surface area contributed by atoms with Gasteiger partial charge in [-0.15, -0.1) is 0 Å². The van der Waals surface area contributed by atoms with Crippen LogP contribution in [-0.2, 0) is 37.0 Å². The van der Waals surface area contributed by atoms with Crippen molar-refractivity contribution < 1.29 is 37.3 Å². The second kappa shape index (κ2) is 12.1. The number of hydrogen-bond donors (Lipinski definition) is 2. The third kappa shape index (κ3) is 7.15. The Kier molecular flexibility index (Phi) is 8.48. The van der Waals surface area contributed by atoms with E-state index >= 15 is 0 Å². The molecule has 1 aromatic carbocycles. The summed E-state index contributed by atoms with van der Waals surface area (Å²) in [6, 6.07) is 12.4. The Morgan fingerprint density at radius 1 is 1.14 bits per heavy atom. The van der Waals surface area contributed by atoms with Gasteiger partial charge in [0.15, 0.2) is 0 Å². The highest BCUT2D eigenvalue weighted by atomic mass is 19.1. The van der Waals surface area contributed by atoms with E-state index < -0.39 is 54.1 Å². The van der Waals surface area contributed by atoms with Crippen LogP contribution in [0.3, 0.4) is 0 Å². The van der Waals surface area contributed by atoms with Gasteiger partial charge >= 0.3 is 17.8 Å². The molecule has 2 aromatic heterocycles. The summed E-state index contributed by atoms with van der Waals surface area (Å²) in [7, 11) is 0. The minimum atomic E-state index is -1.17. The van der Waals surface area contributed by atoms with Gasteiger partial charge in [-0.1, -0.05) is 30.3 Å². The van der Waals surface area contributed by atoms with E-state index in [1.165, 1.54) is 6.26 Å². The van der Waals surface area contributed by atoms with Crippen LogP contribution in [0.15, 0.2) is 68.9 Å². The number of alkyl carbamates (subject to hydrolysis) is 1. The van der Waals surface area contributed by atoms with E-state index in [1.54, 1.807) is 36.4 Å². The van der Waals surface area contributed by atoms with E-state index in [4.69, 9.17) is 23.4 Å². The van der Waals surface area contributed by atoms with Crippen LogP contribution >= 0.6 is 0 Å². The van der Waals surface area contributed by atoms with Crippen molar-refractivity contribution in [1.29, 1.82) is 0 Å². The average molecular weight is 517 g/mol. The molecule has 0 saturated carbocycles. The van der Waals surface area contributed by atoms with Crippen molar-refractivity contribution in [3.63, 3.8) is 0 Å². The summed E-state index contributed by atoms with van der Waals surface area (Å²) in [5.74, 6) is -1.41. The third-order valence-corrected chi connectivity index (χ3v) is 5.39. The Bertz CT molecular complexity index is 1310. The number of rotatable bonds is 10. The number of nitrogens with zero attached hydrogens (tertiary/aromatic N) is 1. The molecular weight excluding hydrogens is 493 g/mol. The maximum atomic E-state index is 13.8. The van der Waals surface area contributed by atoms with Crippen molar-refractivity contribution in [1.82, 2.24) is 14.9 Å². The highest BCUT2D eigenvalue weighted by molar-refractivity contribution is 5.78. The van der Waals surface area contributed by atoms with Gasteiger partial charge in [0.25, 0.3) is 5.56 Å². The molecule has 37 heavy (non-hydrogen) atoms. The second-order valence-corrected chi connectivity index (χ2v) is 8.05. The van der Waals surface area contributed by atoms with Gasteiger partial charge in [0.1, 0.15) is 44.0 Å². The monoisotopic (exact) mass is 517 g/mol. The zero-order valence-electron chi connectivity index (χ0n) is 19.5. The molecule has 1 amide bonds. The van der Waals surface area contributed by atoms with Crippen LogP contribution in [0, 0.1) is 5.82 Å². The number of carbonyl (C=O) groups is 2. The number of esters is 1. The molecule has 3 atom stereocenters. The van der Waals surface area contributed by atoms with Crippen molar-refractivity contribution in [3.05, 3.63) is 92.9 Å². The Labute approximate surface area is 208 Å². The fourth-order valence-corrected chi connectivity index (χ4v) is 3.62. The molecule has 0 bridgehead atoms. The first-order chi connectivity index (χ1) is 17.9. The van der Waals surface area contributed by atoms with Crippen molar-refractivity contribution in [2.45, 2.75) is 38.1 Å². The zero-order chi connectivity index (χ0) is 26.2. The number of amides is 1. The first-order valence-corrected chi connectivity index (χ1v) is 11.3. The van der Waals surface area contributed by atoms with E-state index in [-0.39, 0.29) is 26.2 Å². The van der Waals surface area contributed by atoms with E-state index in [0.717, 1.165) is 16.3 Å². The van der Waals surface area contributed by atoms with Crippen LogP contribution in [0.2, 0.25) is 0 Å². The van der Waals surface area contributed by atoms with Gasteiger partial charge in [-0.2, -0.15) is 4.39 Å². The lowest BCUT2D eigenvalue weighted by Crippen LogP contribution is -2.36. The van der Waals surface area contributed by atoms with Crippen LogP contribution in [0.4, 0.5) is 9.18 Å². The number of benzene rings is 1. The first kappa shape index (κ1) is 25.9. The minimum Gasteiger partial charge on any atom is -0.467 e. The molecule has 13 heteroatoms. The van der Waals surface area contributed by atoms with E-state index in [0.29, 0.717) is 5.76 Å². The molecule has 1 aliphatic heterocycles. The molecule has 3 heterocycles. The maximum Gasteiger partial charge on any atom is 0.407 e. The summed E-state index contributed by atoms with van der Waals surface area (Å²) in [5.41, 5.74) is -1.27. The highest BCUT2D eigenvalue weighted by Crippen LogP contribution is 2.30. The zero-order valence-corrected chi connectivity index (χ0v) is 19.5. The first-order valence-electron chi connectivity index (χ1n) is 11.3. The predicted octanol–water partition coefficient (Wildman–Crippen LogP) is 1.61. The molecule has 12 nitrogen and oxygen atoms in total. The predicted molar refractivity (Wildman–Crippen MR) is 123 cm³/mol. The Hall–Kier alpha value is -4.23. The molecule has 3 aromatic rings. The standard InChI is InChI=1S/C24H24FN3O9/c25-17-11-28(23(31)27-22(17)30)20-9-18(19(36-20)14-33-13-16-7-4-8-34-16)37-21(29)10-26-24(32)35-12-15-5-2-1-3-6-15/h1-8,11,18-20H,9-10,12-14H2,(H,26,32)(H,27,30,31)/t18?,19-,20-/m0/s1. The van der Waals surface area contributed by atoms with Crippen molar-refractivity contribution >= 4 is 12.1 Å². The van der Waals surface area contributed by atoms with Crippen LogP contribution < -0.4 is 16.6 Å². The van der Waals surface area contributed by atoms with Crippen LogP contribution in [0.25, 0.3) is 0 Å². The minimum absolute atomic E-state index is 0.0272. The number of nitrogens with one attached hydrogen (secondary N) is 2. The van der Waals surface area contributed by atoms with Crippen molar-refractivity contribution in [3.8, 4) is 0 Å². The summed E-state index contributed by atoms with van der Waals surface area (Å²) in [6.45, 7) is -0.399. The number of H-pyrrole nitrogens is 1. The summed E-state index contributed by atoms with van der Waals surface area (Å²) in [5, 5.41) is 2.30. The van der Waals surface area contributed by atoms with E-state index in [1.807, 2.05) is 11.1 Å². The van der Waals surface area contributed by atoms with E-state index in [2.05, 4.69) is 5.32 Å². The molecule has 0 spiro atoms. The molecule has 1 fully saturated rings. The molecule has 1 aliphatic rings. The molecule has 196 valence electrons. The molecule has 0 aliphatic carbocycles. The van der Waals surface area contributed by atoms with Gasteiger partial charge in [-0.05, 0) is 17.7 Å². The number of ether oxygens (including phenoxy) is 4. The van der Waals surface area contributed by atoms with Gasteiger partial charge in [-0.25, -0.2) is 9.59 Å². The largest absolute Gasteiger partial charge is 0.467 e. The van der Waals surface area contributed by atoms with Gasteiger partial charge in [-0.3, -0.25) is 19.1 Å². The van der Waals surface area contributed by atoms with Gasteiger partial charge in [0.2, 0.25) is 5.82 Å². The number of furan rings is 1. The normalized spacial score (nSPS) is 18.9. The van der Waals surface area contributed by atoms with Crippen LogP contribution in [-0.4, -0.2) is 47.0 Å². The quantitative estimate of drug-likeness (QED) is 0.382. The number of hydrogen-bond acceptors (Lipinski definition) is 9. The lowest BCUT2D eigenvalue weighted by Gasteiger charge is -2.19. The summed E-state index contributed by atoms with van der Waals surface area (Å²) >= 11 is 0. The molecule has 2 N–H and O–H groups in total. The van der Waals surface area contributed by atoms with Crippen LogP contribution in [0.1, 0.15) is 24.0 Å². The lowest BCUT2D eigenvalue weighted by molar-refractivity contribution is -0.153. The fourth-order valence-electron chi connectivity index (χ4n) is 3.62. The topological polar surface area (TPSA) is 151 Å². The van der Waals surface area contributed by atoms with Gasteiger partial charge in [0, 0.05) is 6.42 Å². The van der Waals surface area contributed by atoms with E-state index in [9.17, 15) is 23.6 Å². The highest BCUT2D eigenvalue weighted by Gasteiger charge is 2.39. The molecule has 1 unspecified atom stereocenters. The van der Waals surface area contributed by atoms with Gasteiger partial charge in [0.05, 0.1) is 19.1 Å². The summed E-state index contributed by atoms with van der Waals surface area (Å²) < 4.78 is 41.7. The molecule has 0 radical (unpaired) electrons. The van der Waals surface area contributed by atoms with Crippen LogP contribution in [0.5, 0.6) is 0 Å². The molecule has 1 saturated heterocycles. The SMILES string of the molecule is O=C(CNC(=O)OCc1ccccc1)OC1C[C@@H](n2cc(F)c(=O)[nH]c2=O)O[C@H]1COCc1ccco1. The second-order valence-electron chi connectivity index (χ2n) is 8.05. The number of aromatic amines is 1.